The molecule has 0 fully saturated rings. The van der Waals surface area contributed by atoms with Crippen molar-refractivity contribution in [3.8, 4) is 0 Å². The second-order valence-corrected chi connectivity index (χ2v) is 5.06. The minimum absolute atomic E-state index is 0.320. The van der Waals surface area contributed by atoms with Gasteiger partial charge in [0.05, 0.1) is 5.52 Å². The summed E-state index contributed by atoms with van der Waals surface area (Å²) in [5, 5.41) is 1.15. The van der Waals surface area contributed by atoms with Crippen molar-refractivity contribution in [2.24, 2.45) is 7.05 Å². The van der Waals surface area contributed by atoms with Gasteiger partial charge in [-0.05, 0) is 37.8 Å². The van der Waals surface area contributed by atoms with Crippen molar-refractivity contribution in [1.82, 2.24) is 4.57 Å². The van der Waals surface area contributed by atoms with Gasteiger partial charge in [-0.2, -0.15) is 0 Å². The minimum atomic E-state index is 0.320. The highest BCUT2D eigenvalue weighted by Crippen LogP contribution is 2.33. The normalized spacial score (nSPS) is 15.4. The van der Waals surface area contributed by atoms with E-state index >= 15 is 0 Å². The number of fused-ring (bicyclic) bond motifs is 3. The van der Waals surface area contributed by atoms with E-state index in [1.807, 2.05) is 0 Å². The summed E-state index contributed by atoms with van der Waals surface area (Å²) in [7, 11) is 2.09. The van der Waals surface area contributed by atoms with E-state index in [9.17, 15) is 4.79 Å². The third-order valence-corrected chi connectivity index (χ3v) is 4.10. The molecule has 1 aromatic heterocycles. The van der Waals surface area contributed by atoms with Gasteiger partial charge in [-0.25, -0.2) is 0 Å². The van der Waals surface area contributed by atoms with Gasteiger partial charge >= 0.3 is 0 Å². The highest BCUT2D eigenvalue weighted by atomic mass is 16.1. The summed E-state index contributed by atoms with van der Waals surface area (Å²) in [5.74, 6) is 0.320. The summed E-state index contributed by atoms with van der Waals surface area (Å²) in [5.41, 5.74) is 6.04. The molecule has 2 nitrogen and oxygen atoms in total. The first-order chi connectivity index (χ1) is 8.11. The quantitative estimate of drug-likeness (QED) is 0.676. The topological polar surface area (TPSA) is 22.0 Å². The van der Waals surface area contributed by atoms with Crippen LogP contribution >= 0.6 is 0 Å². The van der Waals surface area contributed by atoms with Crippen molar-refractivity contribution in [1.29, 1.82) is 0 Å². The second kappa shape index (κ2) is 3.46. The van der Waals surface area contributed by atoms with Gasteiger partial charge in [-0.3, -0.25) is 4.79 Å². The molecule has 1 aliphatic carbocycles. The van der Waals surface area contributed by atoms with Crippen LogP contribution in [0.2, 0.25) is 0 Å². The average Bonchev–Trinajstić information content (AvgIpc) is 2.60. The average molecular weight is 227 g/mol. The number of Topliss-reactive ketones (excluding diaryl/α,β-unsaturated/α-hetero) is 1. The maximum atomic E-state index is 12.1. The first kappa shape index (κ1) is 10.6. The smallest absolute Gasteiger partial charge is 0.165 e. The van der Waals surface area contributed by atoms with E-state index in [0.29, 0.717) is 12.2 Å². The SMILES string of the molecule is Cc1ccc2c3c(n(C)c2c1C)CCCC3=O. The lowest BCUT2D eigenvalue weighted by molar-refractivity contribution is 0.0973. The van der Waals surface area contributed by atoms with Crippen LogP contribution in [0.15, 0.2) is 12.1 Å². The molecular weight excluding hydrogens is 210 g/mol. The van der Waals surface area contributed by atoms with Gasteiger partial charge in [0.25, 0.3) is 0 Å². The van der Waals surface area contributed by atoms with Crippen LogP contribution in [0.3, 0.4) is 0 Å². The standard InChI is InChI=1S/C15H17NO/c1-9-7-8-11-14-12(5-4-6-13(14)17)16(3)15(11)10(9)2/h7-8H,4-6H2,1-3H3. The van der Waals surface area contributed by atoms with Gasteiger partial charge in [0.15, 0.2) is 5.78 Å². The number of carbonyl (C=O) groups is 1. The number of carbonyl (C=O) groups excluding carboxylic acids is 1. The van der Waals surface area contributed by atoms with Crippen LogP contribution in [0.5, 0.6) is 0 Å². The van der Waals surface area contributed by atoms with Gasteiger partial charge in [-0.15, -0.1) is 0 Å². The Balaban J connectivity index is 2.49. The highest BCUT2D eigenvalue weighted by Gasteiger charge is 2.25. The molecule has 2 aromatic rings. The predicted molar refractivity (Wildman–Crippen MR) is 69.7 cm³/mol. The van der Waals surface area contributed by atoms with Crippen LogP contribution in [0.4, 0.5) is 0 Å². The first-order valence-electron chi connectivity index (χ1n) is 6.22. The molecule has 0 unspecified atom stereocenters. The summed E-state index contributed by atoms with van der Waals surface area (Å²) in [6, 6.07) is 4.24. The van der Waals surface area contributed by atoms with Crippen LogP contribution < -0.4 is 0 Å². The van der Waals surface area contributed by atoms with Crippen LogP contribution in [0, 0.1) is 13.8 Å². The van der Waals surface area contributed by atoms with Crippen molar-refractivity contribution in [3.63, 3.8) is 0 Å². The van der Waals surface area contributed by atoms with E-state index in [4.69, 9.17) is 0 Å². The minimum Gasteiger partial charge on any atom is -0.347 e. The molecular formula is C15H17NO. The van der Waals surface area contributed by atoms with Gasteiger partial charge in [-0.1, -0.05) is 12.1 Å². The number of hydrogen-bond donors (Lipinski definition) is 0. The van der Waals surface area contributed by atoms with Crippen LogP contribution in [0.1, 0.15) is 40.0 Å². The third kappa shape index (κ3) is 1.30. The summed E-state index contributed by atoms with van der Waals surface area (Å²) in [6.07, 6.45) is 2.73. The van der Waals surface area contributed by atoms with E-state index in [1.54, 1.807) is 0 Å². The summed E-state index contributed by atoms with van der Waals surface area (Å²) in [6.45, 7) is 4.27. The molecule has 88 valence electrons. The Morgan fingerprint density at radius 3 is 2.71 bits per heavy atom. The molecule has 0 aliphatic heterocycles. The van der Waals surface area contributed by atoms with Crippen molar-refractivity contribution in [2.45, 2.75) is 33.1 Å². The molecule has 0 atom stereocenters. The number of aryl methyl sites for hydroxylation is 3. The number of rotatable bonds is 0. The largest absolute Gasteiger partial charge is 0.347 e. The molecule has 0 amide bonds. The Labute approximate surface area is 101 Å². The molecule has 1 aliphatic rings. The summed E-state index contributed by atoms with van der Waals surface area (Å²) >= 11 is 0. The lowest BCUT2D eigenvalue weighted by atomic mass is 9.93. The number of hydrogen-bond acceptors (Lipinski definition) is 1. The Hall–Kier alpha value is -1.57. The zero-order valence-corrected chi connectivity index (χ0v) is 10.6. The maximum Gasteiger partial charge on any atom is 0.165 e. The van der Waals surface area contributed by atoms with Crippen molar-refractivity contribution in [3.05, 3.63) is 34.5 Å². The Bertz CT molecular complexity index is 634. The lowest BCUT2D eigenvalue weighted by Crippen LogP contribution is -2.11. The predicted octanol–water partition coefficient (Wildman–Crippen LogP) is 3.31. The van der Waals surface area contributed by atoms with E-state index in [0.717, 1.165) is 23.8 Å². The van der Waals surface area contributed by atoms with E-state index < -0.39 is 0 Å². The number of nitrogens with zero attached hydrogens (tertiary/aromatic N) is 1. The van der Waals surface area contributed by atoms with E-state index in [-0.39, 0.29) is 0 Å². The Morgan fingerprint density at radius 2 is 1.94 bits per heavy atom. The van der Waals surface area contributed by atoms with E-state index in [1.165, 1.54) is 22.3 Å². The fraction of sp³-hybridized carbons (Fsp3) is 0.400. The zero-order valence-electron chi connectivity index (χ0n) is 10.6. The number of aromatic nitrogens is 1. The van der Waals surface area contributed by atoms with Gasteiger partial charge in [0.1, 0.15) is 0 Å². The third-order valence-electron chi connectivity index (χ3n) is 4.10. The van der Waals surface area contributed by atoms with E-state index in [2.05, 4.69) is 37.6 Å². The van der Waals surface area contributed by atoms with Crippen molar-refractivity contribution >= 4 is 16.7 Å². The molecule has 0 saturated carbocycles. The van der Waals surface area contributed by atoms with Crippen LogP contribution in [0.25, 0.3) is 10.9 Å². The number of ketones is 1. The maximum absolute atomic E-state index is 12.1. The van der Waals surface area contributed by atoms with Crippen molar-refractivity contribution < 1.29 is 4.79 Å². The molecule has 1 aromatic carbocycles. The molecule has 17 heavy (non-hydrogen) atoms. The molecule has 0 spiro atoms. The Kier molecular flexibility index (Phi) is 2.15. The van der Waals surface area contributed by atoms with Gasteiger partial charge < -0.3 is 4.57 Å². The summed E-state index contributed by atoms with van der Waals surface area (Å²) in [4.78, 5) is 12.1. The molecule has 1 heterocycles. The monoisotopic (exact) mass is 227 g/mol. The Morgan fingerprint density at radius 1 is 1.18 bits per heavy atom. The van der Waals surface area contributed by atoms with Crippen LogP contribution in [-0.4, -0.2) is 10.4 Å². The fourth-order valence-corrected chi connectivity index (χ4v) is 3.04. The van der Waals surface area contributed by atoms with Crippen molar-refractivity contribution in [2.75, 3.05) is 0 Å². The summed E-state index contributed by atoms with van der Waals surface area (Å²) < 4.78 is 2.23. The fourth-order valence-electron chi connectivity index (χ4n) is 3.04. The van der Waals surface area contributed by atoms with Gasteiger partial charge in [0, 0.05) is 30.1 Å². The molecule has 0 radical (unpaired) electrons. The highest BCUT2D eigenvalue weighted by molar-refractivity contribution is 6.11. The number of benzene rings is 1. The molecule has 2 heteroatoms. The molecule has 0 N–H and O–H groups in total. The molecule has 3 rings (SSSR count). The first-order valence-corrected chi connectivity index (χ1v) is 6.22. The molecule has 0 saturated heterocycles. The zero-order chi connectivity index (χ0) is 12.2. The molecule has 0 bridgehead atoms. The van der Waals surface area contributed by atoms with Gasteiger partial charge in [0.2, 0.25) is 0 Å². The lowest BCUT2D eigenvalue weighted by Gasteiger charge is -2.12. The second-order valence-electron chi connectivity index (χ2n) is 5.06. The van der Waals surface area contributed by atoms with Crippen LogP contribution in [-0.2, 0) is 13.5 Å².